The first-order valence-corrected chi connectivity index (χ1v) is 12.1. The zero-order valence-electron chi connectivity index (χ0n) is 19.7. The van der Waals surface area contributed by atoms with Gasteiger partial charge < -0.3 is 19.3 Å². The highest BCUT2D eigenvalue weighted by atomic mass is 32.1. The first-order chi connectivity index (χ1) is 16.9. The minimum atomic E-state index is -0.936. The molecular formula is C27H28O7S. The molecule has 184 valence electrons. The molecule has 0 aliphatic rings. The number of hydrogen-bond acceptors (Lipinski definition) is 7. The van der Waals surface area contributed by atoms with Gasteiger partial charge in [-0.3, -0.25) is 14.4 Å². The maximum Gasteiger partial charge on any atom is 0.305 e. The van der Waals surface area contributed by atoms with Crippen LogP contribution in [0.2, 0.25) is 0 Å². The lowest BCUT2D eigenvalue weighted by molar-refractivity contribution is -0.140. The number of thiophene rings is 1. The molecule has 0 radical (unpaired) electrons. The topological polar surface area (TPSA) is 99.1 Å². The lowest BCUT2D eigenvalue weighted by atomic mass is 9.99. The Morgan fingerprint density at radius 2 is 1.83 bits per heavy atom. The van der Waals surface area contributed by atoms with Crippen molar-refractivity contribution >= 4 is 29.1 Å². The van der Waals surface area contributed by atoms with Gasteiger partial charge in [-0.25, -0.2) is 0 Å². The van der Waals surface area contributed by atoms with Crippen molar-refractivity contribution in [1.29, 1.82) is 0 Å². The van der Waals surface area contributed by atoms with E-state index in [1.807, 2.05) is 48.0 Å². The molecule has 0 aliphatic heterocycles. The molecule has 0 amide bonds. The van der Waals surface area contributed by atoms with Crippen molar-refractivity contribution < 1.29 is 33.7 Å². The van der Waals surface area contributed by atoms with Crippen LogP contribution in [0.15, 0.2) is 59.3 Å². The monoisotopic (exact) mass is 496 g/mol. The fourth-order valence-corrected chi connectivity index (χ4v) is 4.20. The Morgan fingerprint density at radius 3 is 2.51 bits per heavy atom. The van der Waals surface area contributed by atoms with Crippen molar-refractivity contribution in [2.24, 2.45) is 0 Å². The van der Waals surface area contributed by atoms with E-state index in [0.29, 0.717) is 17.9 Å². The second-order valence-corrected chi connectivity index (χ2v) is 8.75. The largest absolute Gasteiger partial charge is 0.489 e. The highest BCUT2D eigenvalue weighted by Gasteiger charge is 2.22. The SMILES string of the molecule is COC(=O)CCC(=O)c1ccc(OCc2ccsc2)cc1O[C@H](CCC(=O)O)c1ccccc1C. The molecule has 8 heteroatoms. The average Bonchev–Trinajstić information content (AvgIpc) is 3.38. The molecule has 0 unspecified atom stereocenters. The van der Waals surface area contributed by atoms with E-state index in [4.69, 9.17) is 9.47 Å². The number of aryl methyl sites for hydroxylation is 1. The number of hydrogen-bond donors (Lipinski definition) is 1. The molecule has 1 N–H and O–H groups in total. The number of esters is 1. The first kappa shape index (κ1) is 26.0. The highest BCUT2D eigenvalue weighted by molar-refractivity contribution is 7.07. The van der Waals surface area contributed by atoms with Gasteiger partial charge in [0.15, 0.2) is 5.78 Å². The molecule has 0 saturated heterocycles. The Bertz CT molecular complexity index is 1150. The zero-order chi connectivity index (χ0) is 25.2. The summed E-state index contributed by atoms with van der Waals surface area (Å²) in [6.45, 7) is 2.29. The van der Waals surface area contributed by atoms with Crippen molar-refractivity contribution in [3.8, 4) is 11.5 Å². The summed E-state index contributed by atoms with van der Waals surface area (Å²) in [6, 6.07) is 14.5. The van der Waals surface area contributed by atoms with Gasteiger partial charge >= 0.3 is 11.9 Å². The van der Waals surface area contributed by atoms with Crippen LogP contribution >= 0.6 is 11.3 Å². The number of aliphatic carboxylic acids is 1. The number of carbonyl (C=O) groups is 3. The van der Waals surface area contributed by atoms with Crippen LogP contribution in [0.3, 0.4) is 0 Å². The van der Waals surface area contributed by atoms with Crippen LogP contribution in [-0.4, -0.2) is 29.9 Å². The summed E-state index contributed by atoms with van der Waals surface area (Å²) < 4.78 is 16.9. The van der Waals surface area contributed by atoms with Crippen molar-refractivity contribution in [2.75, 3.05) is 7.11 Å². The molecule has 2 aromatic carbocycles. The lowest BCUT2D eigenvalue weighted by Gasteiger charge is -2.23. The minimum absolute atomic E-state index is 0.0394. The Kier molecular flexibility index (Phi) is 9.43. The van der Waals surface area contributed by atoms with E-state index in [9.17, 15) is 19.5 Å². The second-order valence-electron chi connectivity index (χ2n) is 7.97. The summed E-state index contributed by atoms with van der Waals surface area (Å²) in [5, 5.41) is 13.2. The summed E-state index contributed by atoms with van der Waals surface area (Å²) in [6.07, 6.45) is -0.561. The smallest absolute Gasteiger partial charge is 0.305 e. The normalized spacial score (nSPS) is 11.5. The van der Waals surface area contributed by atoms with Gasteiger partial charge in [-0.1, -0.05) is 24.3 Å². The quantitative estimate of drug-likeness (QED) is 0.237. The molecular weight excluding hydrogens is 468 g/mol. The van der Waals surface area contributed by atoms with Crippen molar-refractivity contribution in [1.82, 2.24) is 0 Å². The number of Topliss-reactive ketones (excluding diaryl/α,β-unsaturated/α-hetero) is 1. The van der Waals surface area contributed by atoms with E-state index in [0.717, 1.165) is 16.7 Å². The van der Waals surface area contributed by atoms with E-state index in [1.165, 1.54) is 7.11 Å². The van der Waals surface area contributed by atoms with Crippen LogP contribution in [0, 0.1) is 6.92 Å². The molecule has 0 fully saturated rings. The fraction of sp³-hybridized carbons (Fsp3) is 0.296. The van der Waals surface area contributed by atoms with Crippen LogP contribution in [0.25, 0.3) is 0 Å². The van der Waals surface area contributed by atoms with Crippen LogP contribution < -0.4 is 9.47 Å². The lowest BCUT2D eigenvalue weighted by Crippen LogP contribution is -2.14. The standard InChI is InChI=1S/C27H28O7S/c1-18-5-3-4-6-21(18)24(10-11-26(29)30)34-25-15-20(33-16-19-13-14-35-17-19)7-8-22(25)23(28)9-12-27(31)32-2/h3-8,13-15,17,24H,9-12,16H2,1-2H3,(H,29,30)/t24-/m1/s1. The van der Waals surface area contributed by atoms with Gasteiger partial charge in [-0.15, -0.1) is 0 Å². The van der Waals surface area contributed by atoms with Gasteiger partial charge in [0.1, 0.15) is 24.2 Å². The number of carboxylic acid groups (broad SMARTS) is 1. The van der Waals surface area contributed by atoms with Gasteiger partial charge in [0.25, 0.3) is 0 Å². The number of carboxylic acids is 1. The number of ether oxygens (including phenoxy) is 3. The third-order valence-corrected chi connectivity index (χ3v) is 6.18. The molecule has 0 bridgehead atoms. The summed E-state index contributed by atoms with van der Waals surface area (Å²) >= 11 is 1.57. The summed E-state index contributed by atoms with van der Waals surface area (Å²) in [5.74, 6) is -0.902. The molecule has 3 rings (SSSR count). The summed E-state index contributed by atoms with van der Waals surface area (Å²) in [4.78, 5) is 35.8. The molecule has 1 aromatic heterocycles. The molecule has 1 atom stereocenters. The van der Waals surface area contributed by atoms with Crippen molar-refractivity contribution in [2.45, 2.75) is 45.3 Å². The Labute approximate surface area is 208 Å². The first-order valence-electron chi connectivity index (χ1n) is 11.2. The molecule has 7 nitrogen and oxygen atoms in total. The molecule has 0 aliphatic carbocycles. The van der Waals surface area contributed by atoms with Gasteiger partial charge in [0.05, 0.1) is 19.1 Å². The van der Waals surface area contributed by atoms with Gasteiger partial charge in [0, 0.05) is 18.9 Å². The van der Waals surface area contributed by atoms with Crippen LogP contribution in [-0.2, 0) is 20.9 Å². The van der Waals surface area contributed by atoms with Crippen LogP contribution in [0.4, 0.5) is 0 Å². The van der Waals surface area contributed by atoms with Crippen LogP contribution in [0.1, 0.15) is 58.8 Å². The van der Waals surface area contributed by atoms with E-state index in [-0.39, 0.29) is 37.2 Å². The van der Waals surface area contributed by atoms with Crippen molar-refractivity contribution in [3.63, 3.8) is 0 Å². The van der Waals surface area contributed by atoms with E-state index in [1.54, 1.807) is 29.5 Å². The van der Waals surface area contributed by atoms with Crippen molar-refractivity contribution in [3.05, 3.63) is 81.5 Å². The number of benzene rings is 2. The summed E-state index contributed by atoms with van der Waals surface area (Å²) in [7, 11) is 1.27. The van der Waals surface area contributed by atoms with E-state index < -0.39 is 18.0 Å². The van der Waals surface area contributed by atoms with Gasteiger partial charge in [-0.2, -0.15) is 11.3 Å². The average molecular weight is 497 g/mol. The Balaban J connectivity index is 1.91. The third kappa shape index (κ3) is 7.68. The maximum absolute atomic E-state index is 13.0. The molecule has 35 heavy (non-hydrogen) atoms. The van der Waals surface area contributed by atoms with E-state index in [2.05, 4.69) is 4.74 Å². The second kappa shape index (κ2) is 12.7. The highest BCUT2D eigenvalue weighted by Crippen LogP contribution is 2.34. The molecule has 0 saturated carbocycles. The number of ketones is 1. The Hall–Kier alpha value is -3.65. The Morgan fingerprint density at radius 1 is 1.03 bits per heavy atom. The molecule has 0 spiro atoms. The number of rotatable bonds is 13. The molecule has 1 heterocycles. The maximum atomic E-state index is 13.0. The molecule has 3 aromatic rings. The number of methoxy groups -OCH3 is 1. The summed E-state index contributed by atoms with van der Waals surface area (Å²) in [5.41, 5.74) is 3.11. The number of carbonyl (C=O) groups excluding carboxylic acids is 2. The van der Waals surface area contributed by atoms with E-state index >= 15 is 0 Å². The van der Waals surface area contributed by atoms with Crippen LogP contribution in [0.5, 0.6) is 11.5 Å². The predicted molar refractivity (Wildman–Crippen MR) is 132 cm³/mol. The van der Waals surface area contributed by atoms with Gasteiger partial charge in [-0.05, 0) is 59.0 Å². The minimum Gasteiger partial charge on any atom is -0.489 e. The fourth-order valence-electron chi connectivity index (χ4n) is 3.55. The third-order valence-electron chi connectivity index (χ3n) is 5.45. The zero-order valence-corrected chi connectivity index (χ0v) is 20.5. The van der Waals surface area contributed by atoms with Gasteiger partial charge in [0.2, 0.25) is 0 Å². The predicted octanol–water partition coefficient (Wildman–Crippen LogP) is 5.76.